The van der Waals surface area contributed by atoms with Crippen LogP contribution in [0.3, 0.4) is 0 Å². The lowest BCUT2D eigenvalue weighted by molar-refractivity contribution is -0.385. The molecule has 0 radical (unpaired) electrons. The highest BCUT2D eigenvalue weighted by atomic mass is 32.2. The van der Waals surface area contributed by atoms with E-state index in [0.29, 0.717) is 23.5 Å². The minimum absolute atomic E-state index is 0.0600. The molecule has 0 N–H and O–H groups in total. The predicted octanol–water partition coefficient (Wildman–Crippen LogP) is 3.62. The molecule has 0 spiro atoms. The number of rotatable bonds is 4. The molecule has 0 unspecified atom stereocenters. The molecule has 1 heterocycles. The van der Waals surface area contributed by atoms with Crippen molar-refractivity contribution in [3.05, 3.63) is 39.4 Å². The third-order valence-corrected chi connectivity index (χ3v) is 4.59. The summed E-state index contributed by atoms with van der Waals surface area (Å²) in [5.41, 5.74) is 0.935. The second-order valence-corrected chi connectivity index (χ2v) is 6.13. The summed E-state index contributed by atoms with van der Waals surface area (Å²) in [6.45, 7) is 1.76. The van der Waals surface area contributed by atoms with E-state index in [1.54, 1.807) is 19.1 Å². The number of aryl methyl sites for hydroxylation is 1. The zero-order valence-corrected chi connectivity index (χ0v) is 11.7. The Morgan fingerprint density at radius 1 is 1.42 bits per heavy atom. The van der Waals surface area contributed by atoms with Crippen LogP contribution in [0.1, 0.15) is 35.2 Å². The highest BCUT2D eigenvalue weighted by Crippen LogP contribution is 2.29. The minimum atomic E-state index is -0.461. The second-order valence-electron chi connectivity index (χ2n) is 4.91. The van der Waals surface area contributed by atoms with E-state index < -0.39 is 4.92 Å². The van der Waals surface area contributed by atoms with Crippen molar-refractivity contribution in [2.24, 2.45) is 5.92 Å². The molecular formula is C14H17NO3S. The quantitative estimate of drug-likeness (QED) is 0.480. The van der Waals surface area contributed by atoms with Gasteiger partial charge in [0.05, 0.1) is 10.5 Å². The monoisotopic (exact) mass is 279 g/mol. The molecule has 1 aromatic carbocycles. The molecule has 4 nitrogen and oxygen atoms in total. The Morgan fingerprint density at radius 2 is 2.11 bits per heavy atom. The highest BCUT2D eigenvalue weighted by molar-refractivity contribution is 7.99. The van der Waals surface area contributed by atoms with Crippen molar-refractivity contribution in [1.29, 1.82) is 0 Å². The first-order valence-corrected chi connectivity index (χ1v) is 7.60. The summed E-state index contributed by atoms with van der Waals surface area (Å²) in [5, 5.41) is 11.0. The summed E-state index contributed by atoms with van der Waals surface area (Å²) in [6, 6.07) is 4.80. The van der Waals surface area contributed by atoms with E-state index in [0.717, 1.165) is 24.3 Å². The fourth-order valence-corrected chi connectivity index (χ4v) is 3.69. The lowest BCUT2D eigenvalue weighted by atomic mass is 9.91. The lowest BCUT2D eigenvalue weighted by Gasteiger charge is -2.20. The number of nitrogens with zero attached hydrogens (tertiary/aromatic N) is 1. The van der Waals surface area contributed by atoms with Crippen molar-refractivity contribution in [2.45, 2.75) is 26.2 Å². The zero-order valence-electron chi connectivity index (χ0n) is 10.9. The molecule has 0 atom stereocenters. The Hall–Kier alpha value is -1.36. The van der Waals surface area contributed by atoms with E-state index in [4.69, 9.17) is 0 Å². The van der Waals surface area contributed by atoms with Gasteiger partial charge in [-0.3, -0.25) is 14.9 Å². The number of nitro benzene ring substituents is 1. The van der Waals surface area contributed by atoms with Gasteiger partial charge in [0, 0.05) is 12.5 Å². The van der Waals surface area contributed by atoms with E-state index in [1.165, 1.54) is 6.07 Å². The van der Waals surface area contributed by atoms with Crippen LogP contribution in [0, 0.1) is 23.0 Å². The van der Waals surface area contributed by atoms with Crippen molar-refractivity contribution in [2.75, 3.05) is 11.5 Å². The molecule has 102 valence electrons. The fraction of sp³-hybridized carbons (Fsp3) is 0.500. The largest absolute Gasteiger partial charge is 0.294 e. The first kappa shape index (κ1) is 14.1. The molecule has 0 bridgehead atoms. The van der Waals surface area contributed by atoms with E-state index in [2.05, 4.69) is 0 Å². The van der Waals surface area contributed by atoms with E-state index >= 15 is 0 Å². The van der Waals surface area contributed by atoms with E-state index in [9.17, 15) is 14.9 Å². The van der Waals surface area contributed by atoms with E-state index in [1.807, 2.05) is 11.8 Å². The number of thioether (sulfide) groups is 1. The van der Waals surface area contributed by atoms with Gasteiger partial charge in [-0.15, -0.1) is 0 Å². The van der Waals surface area contributed by atoms with Crippen LogP contribution in [-0.2, 0) is 0 Å². The maximum absolute atomic E-state index is 12.3. The number of hydrogen-bond donors (Lipinski definition) is 0. The van der Waals surface area contributed by atoms with Crippen LogP contribution in [0.5, 0.6) is 0 Å². The van der Waals surface area contributed by atoms with Gasteiger partial charge in [-0.05, 0) is 42.8 Å². The van der Waals surface area contributed by atoms with Crippen molar-refractivity contribution in [1.82, 2.24) is 0 Å². The van der Waals surface area contributed by atoms with Gasteiger partial charge in [-0.25, -0.2) is 0 Å². The highest BCUT2D eigenvalue weighted by Gasteiger charge is 2.25. The summed E-state index contributed by atoms with van der Waals surface area (Å²) in [7, 11) is 0. The molecule has 0 amide bonds. The first-order chi connectivity index (χ1) is 9.09. The Balaban J connectivity index is 2.20. The molecule has 1 aliphatic heterocycles. The smallest absolute Gasteiger partial charge is 0.280 e. The Kier molecular flexibility index (Phi) is 4.58. The van der Waals surface area contributed by atoms with Gasteiger partial charge in [-0.1, -0.05) is 12.1 Å². The number of hydrogen-bond acceptors (Lipinski definition) is 4. The van der Waals surface area contributed by atoms with Gasteiger partial charge in [-0.2, -0.15) is 11.8 Å². The Bertz CT molecular complexity index is 495. The Morgan fingerprint density at radius 3 is 2.74 bits per heavy atom. The molecule has 2 rings (SSSR count). The third kappa shape index (κ3) is 3.35. The van der Waals surface area contributed by atoms with Crippen LogP contribution in [0.4, 0.5) is 5.69 Å². The number of carbonyl (C=O) groups is 1. The molecule has 19 heavy (non-hydrogen) atoms. The SMILES string of the molecule is Cc1cccc([N+](=O)[O-])c1C(=O)CC1CCSCC1. The second kappa shape index (κ2) is 6.19. The normalized spacial score (nSPS) is 16.3. The van der Waals surface area contributed by atoms with E-state index in [-0.39, 0.29) is 11.5 Å². The lowest BCUT2D eigenvalue weighted by Crippen LogP contribution is -2.16. The molecule has 1 fully saturated rings. The maximum atomic E-state index is 12.3. The zero-order chi connectivity index (χ0) is 13.8. The van der Waals surface area contributed by atoms with Gasteiger partial charge < -0.3 is 0 Å². The molecule has 1 aliphatic rings. The summed E-state index contributed by atoms with van der Waals surface area (Å²) in [4.78, 5) is 22.9. The number of carbonyl (C=O) groups excluding carboxylic acids is 1. The first-order valence-electron chi connectivity index (χ1n) is 6.44. The number of ketones is 1. The summed E-state index contributed by atoms with van der Waals surface area (Å²) < 4.78 is 0. The van der Waals surface area contributed by atoms with Crippen LogP contribution >= 0.6 is 11.8 Å². The molecule has 0 saturated carbocycles. The van der Waals surface area contributed by atoms with Crippen molar-refractivity contribution < 1.29 is 9.72 Å². The van der Waals surface area contributed by atoms with Crippen LogP contribution < -0.4 is 0 Å². The molecule has 0 aliphatic carbocycles. The van der Waals surface area contributed by atoms with Crippen LogP contribution in [0.25, 0.3) is 0 Å². The number of Topliss-reactive ketones (excluding diaryl/α,β-unsaturated/α-hetero) is 1. The standard InChI is InChI=1S/C14H17NO3S/c1-10-3-2-4-12(15(17)18)14(10)13(16)9-11-5-7-19-8-6-11/h2-4,11H,5-9H2,1H3. The molecular weight excluding hydrogens is 262 g/mol. The summed E-state index contributed by atoms with van der Waals surface area (Å²) in [6.07, 6.45) is 2.51. The molecule has 5 heteroatoms. The summed E-state index contributed by atoms with van der Waals surface area (Å²) >= 11 is 1.91. The van der Waals surface area contributed by atoms with Gasteiger partial charge >= 0.3 is 0 Å². The average Bonchev–Trinajstić information content (AvgIpc) is 2.39. The van der Waals surface area contributed by atoms with Gasteiger partial charge in [0.1, 0.15) is 0 Å². The van der Waals surface area contributed by atoms with Crippen LogP contribution in [0.15, 0.2) is 18.2 Å². The fourth-order valence-electron chi connectivity index (χ4n) is 2.48. The number of nitro groups is 1. The van der Waals surface area contributed by atoms with Crippen LogP contribution in [0.2, 0.25) is 0 Å². The minimum Gasteiger partial charge on any atom is -0.294 e. The van der Waals surface area contributed by atoms with Gasteiger partial charge in [0.2, 0.25) is 0 Å². The topological polar surface area (TPSA) is 60.2 Å². The third-order valence-electron chi connectivity index (χ3n) is 3.54. The van der Waals surface area contributed by atoms with Gasteiger partial charge in [0.15, 0.2) is 5.78 Å². The predicted molar refractivity (Wildman–Crippen MR) is 76.8 cm³/mol. The average molecular weight is 279 g/mol. The molecule has 1 aromatic rings. The molecule has 0 aromatic heterocycles. The Labute approximate surface area is 116 Å². The molecule has 1 saturated heterocycles. The number of benzene rings is 1. The van der Waals surface area contributed by atoms with Crippen molar-refractivity contribution in [3.63, 3.8) is 0 Å². The van der Waals surface area contributed by atoms with Crippen LogP contribution in [-0.4, -0.2) is 22.2 Å². The van der Waals surface area contributed by atoms with Crippen molar-refractivity contribution in [3.8, 4) is 0 Å². The van der Waals surface area contributed by atoms with Crippen molar-refractivity contribution >= 4 is 23.2 Å². The maximum Gasteiger partial charge on any atom is 0.280 e. The van der Waals surface area contributed by atoms with Gasteiger partial charge in [0.25, 0.3) is 5.69 Å². The summed E-state index contributed by atoms with van der Waals surface area (Å²) in [5.74, 6) is 2.48.